The van der Waals surface area contributed by atoms with Gasteiger partial charge in [-0.05, 0) is 30.9 Å². The van der Waals surface area contributed by atoms with Gasteiger partial charge in [0.15, 0.2) is 0 Å². The zero-order valence-electron chi connectivity index (χ0n) is 11.7. The Balaban J connectivity index is 1.52. The highest BCUT2D eigenvalue weighted by Crippen LogP contribution is 2.30. The lowest BCUT2D eigenvalue weighted by Gasteiger charge is -2.34. The minimum atomic E-state index is -0.260. The summed E-state index contributed by atoms with van der Waals surface area (Å²) in [5.41, 5.74) is 1.08. The maximum absolute atomic E-state index is 13.9. The summed E-state index contributed by atoms with van der Waals surface area (Å²) in [7, 11) is 0. The summed E-state index contributed by atoms with van der Waals surface area (Å²) in [5.74, 6) is 0.682. The van der Waals surface area contributed by atoms with Crippen molar-refractivity contribution in [1.82, 2.24) is 9.80 Å². The van der Waals surface area contributed by atoms with Crippen LogP contribution in [-0.4, -0.2) is 42.5 Å². The van der Waals surface area contributed by atoms with Gasteiger partial charge in [0.2, 0.25) is 0 Å². The van der Waals surface area contributed by atoms with E-state index in [1.54, 1.807) is 12.1 Å². The maximum atomic E-state index is 13.9. The van der Waals surface area contributed by atoms with Gasteiger partial charge in [-0.15, -0.1) is 0 Å². The minimum Gasteiger partial charge on any atom is -0.301 e. The second-order valence-corrected chi connectivity index (χ2v) is 5.94. The number of nitrogens with zero attached hydrogens (tertiary/aromatic N) is 3. The van der Waals surface area contributed by atoms with Gasteiger partial charge >= 0.3 is 0 Å². The molecule has 2 aliphatic rings. The van der Waals surface area contributed by atoms with E-state index in [4.69, 9.17) is 5.26 Å². The van der Waals surface area contributed by atoms with Gasteiger partial charge in [-0.2, -0.15) is 5.26 Å². The third-order valence-corrected chi connectivity index (χ3v) is 4.25. The average molecular weight is 273 g/mol. The van der Waals surface area contributed by atoms with Crippen molar-refractivity contribution in [3.63, 3.8) is 0 Å². The van der Waals surface area contributed by atoms with E-state index in [1.807, 2.05) is 6.07 Å². The van der Waals surface area contributed by atoms with Crippen LogP contribution in [0.3, 0.4) is 0 Å². The molecule has 1 aliphatic heterocycles. The number of rotatable bonds is 4. The van der Waals surface area contributed by atoms with Gasteiger partial charge in [0.25, 0.3) is 0 Å². The van der Waals surface area contributed by atoms with E-state index in [2.05, 4.69) is 9.80 Å². The van der Waals surface area contributed by atoms with E-state index in [0.717, 1.165) is 32.1 Å². The topological polar surface area (TPSA) is 30.3 Å². The van der Waals surface area contributed by atoms with E-state index >= 15 is 0 Å². The Morgan fingerprint density at radius 1 is 1.15 bits per heavy atom. The predicted octanol–water partition coefficient (Wildman–Crippen LogP) is 2.22. The molecule has 1 aromatic rings. The van der Waals surface area contributed by atoms with Gasteiger partial charge in [0.05, 0.1) is 11.6 Å². The predicted molar refractivity (Wildman–Crippen MR) is 75.6 cm³/mol. The zero-order chi connectivity index (χ0) is 13.9. The number of nitriles is 1. The van der Waals surface area contributed by atoms with Crippen LogP contribution < -0.4 is 0 Å². The van der Waals surface area contributed by atoms with Crippen LogP contribution in [0.5, 0.6) is 0 Å². The summed E-state index contributed by atoms with van der Waals surface area (Å²) >= 11 is 0. The lowest BCUT2D eigenvalue weighted by Crippen LogP contribution is -2.46. The molecule has 0 aromatic heterocycles. The van der Waals surface area contributed by atoms with Crippen molar-refractivity contribution in [3.05, 3.63) is 35.1 Å². The number of halogens is 1. The summed E-state index contributed by atoms with van der Waals surface area (Å²) in [4.78, 5) is 4.83. The van der Waals surface area contributed by atoms with Crippen LogP contribution in [0.4, 0.5) is 4.39 Å². The molecule has 2 fully saturated rings. The van der Waals surface area contributed by atoms with Crippen LogP contribution >= 0.6 is 0 Å². The number of hydrogen-bond donors (Lipinski definition) is 0. The molecule has 0 atom stereocenters. The summed E-state index contributed by atoms with van der Waals surface area (Å²) in [6.45, 7) is 6.09. The molecule has 106 valence electrons. The number of benzene rings is 1. The molecule has 1 saturated carbocycles. The summed E-state index contributed by atoms with van der Waals surface area (Å²) in [6.07, 6.45) is 2.80. The highest BCUT2D eigenvalue weighted by atomic mass is 19.1. The monoisotopic (exact) mass is 273 g/mol. The normalized spacial score (nSPS) is 20.8. The summed E-state index contributed by atoms with van der Waals surface area (Å²) in [6, 6.07) is 6.74. The molecule has 1 saturated heterocycles. The average Bonchev–Trinajstić information content (AvgIpc) is 3.27. The first kappa shape index (κ1) is 13.5. The van der Waals surface area contributed by atoms with Crippen molar-refractivity contribution in [2.45, 2.75) is 19.4 Å². The lowest BCUT2D eigenvalue weighted by molar-refractivity contribution is 0.122. The molecule has 0 spiro atoms. The molecule has 20 heavy (non-hydrogen) atoms. The van der Waals surface area contributed by atoms with Crippen LogP contribution in [0.15, 0.2) is 18.2 Å². The lowest BCUT2D eigenvalue weighted by atomic mass is 10.1. The van der Waals surface area contributed by atoms with Crippen LogP contribution in [0.2, 0.25) is 0 Å². The molecule has 0 radical (unpaired) electrons. The van der Waals surface area contributed by atoms with Gasteiger partial charge in [-0.3, -0.25) is 4.90 Å². The van der Waals surface area contributed by atoms with Crippen molar-refractivity contribution < 1.29 is 4.39 Å². The molecule has 1 aliphatic carbocycles. The van der Waals surface area contributed by atoms with E-state index in [1.165, 1.54) is 25.5 Å². The number of hydrogen-bond acceptors (Lipinski definition) is 3. The van der Waals surface area contributed by atoms with Crippen LogP contribution in [0, 0.1) is 23.1 Å². The Morgan fingerprint density at radius 3 is 2.45 bits per heavy atom. The van der Waals surface area contributed by atoms with Gasteiger partial charge in [0, 0.05) is 44.8 Å². The second kappa shape index (κ2) is 5.90. The van der Waals surface area contributed by atoms with Crippen molar-refractivity contribution in [1.29, 1.82) is 5.26 Å². The van der Waals surface area contributed by atoms with E-state index in [9.17, 15) is 4.39 Å². The van der Waals surface area contributed by atoms with Gasteiger partial charge in [0.1, 0.15) is 5.82 Å². The van der Waals surface area contributed by atoms with Crippen molar-refractivity contribution in [3.8, 4) is 6.07 Å². The Kier molecular flexibility index (Phi) is 4.00. The molecule has 1 heterocycles. The fraction of sp³-hybridized carbons (Fsp3) is 0.562. The van der Waals surface area contributed by atoms with E-state index in [0.29, 0.717) is 17.7 Å². The fourth-order valence-electron chi connectivity index (χ4n) is 2.78. The Morgan fingerprint density at radius 2 is 1.85 bits per heavy atom. The first-order valence-electron chi connectivity index (χ1n) is 7.38. The largest absolute Gasteiger partial charge is 0.301 e. The standard InChI is InChI=1S/C16H20FN3/c17-16-9-14(10-18)3-4-15(16)12-20-7-5-19(6-8-20)11-13-1-2-13/h3-4,9,13H,1-2,5-8,11-12H2. The van der Waals surface area contributed by atoms with Crippen LogP contribution in [0.25, 0.3) is 0 Å². The van der Waals surface area contributed by atoms with Crippen LogP contribution in [-0.2, 0) is 6.54 Å². The van der Waals surface area contributed by atoms with E-state index < -0.39 is 0 Å². The van der Waals surface area contributed by atoms with Gasteiger partial charge in [-0.1, -0.05) is 6.07 Å². The fourth-order valence-corrected chi connectivity index (χ4v) is 2.78. The number of piperazine rings is 1. The maximum Gasteiger partial charge on any atom is 0.129 e. The molecule has 1 aromatic carbocycles. The zero-order valence-corrected chi connectivity index (χ0v) is 11.7. The molecule has 0 amide bonds. The first-order valence-corrected chi connectivity index (χ1v) is 7.38. The SMILES string of the molecule is N#Cc1ccc(CN2CCN(CC3CC3)CC2)c(F)c1. The molecule has 0 N–H and O–H groups in total. The van der Waals surface area contributed by atoms with Gasteiger partial charge in [-0.25, -0.2) is 4.39 Å². The summed E-state index contributed by atoms with van der Waals surface area (Å²) in [5, 5.41) is 8.75. The van der Waals surface area contributed by atoms with Crippen molar-refractivity contribution >= 4 is 0 Å². The summed E-state index contributed by atoms with van der Waals surface area (Å²) < 4.78 is 13.9. The minimum absolute atomic E-state index is 0.260. The third-order valence-electron chi connectivity index (χ3n) is 4.25. The van der Waals surface area contributed by atoms with Gasteiger partial charge < -0.3 is 4.90 Å². The molecular formula is C16H20FN3. The molecule has 0 bridgehead atoms. The molecule has 4 heteroatoms. The Hall–Kier alpha value is -1.44. The molecule has 0 unspecified atom stereocenters. The third kappa shape index (κ3) is 3.36. The smallest absolute Gasteiger partial charge is 0.129 e. The Bertz CT molecular complexity index is 511. The highest BCUT2D eigenvalue weighted by Gasteiger charge is 2.26. The van der Waals surface area contributed by atoms with Crippen molar-refractivity contribution in [2.75, 3.05) is 32.7 Å². The van der Waals surface area contributed by atoms with Crippen LogP contribution in [0.1, 0.15) is 24.0 Å². The first-order chi connectivity index (χ1) is 9.74. The molecule has 3 nitrogen and oxygen atoms in total. The quantitative estimate of drug-likeness (QED) is 0.842. The van der Waals surface area contributed by atoms with E-state index in [-0.39, 0.29) is 5.82 Å². The molecular weight excluding hydrogens is 253 g/mol. The highest BCUT2D eigenvalue weighted by molar-refractivity contribution is 5.32. The molecule has 3 rings (SSSR count). The Labute approximate surface area is 119 Å². The van der Waals surface area contributed by atoms with Crippen molar-refractivity contribution in [2.24, 2.45) is 5.92 Å². The second-order valence-electron chi connectivity index (χ2n) is 5.94.